The fourth-order valence-electron chi connectivity index (χ4n) is 1.88. The highest BCUT2D eigenvalue weighted by molar-refractivity contribution is 5.94. The highest BCUT2D eigenvalue weighted by atomic mass is 19.4. The van der Waals surface area contributed by atoms with Crippen LogP contribution in [0.15, 0.2) is 48.5 Å². The molecule has 1 N–H and O–H groups in total. The fourth-order valence-corrected chi connectivity index (χ4v) is 1.88. The van der Waals surface area contributed by atoms with Gasteiger partial charge in [-0.1, -0.05) is 24.3 Å². The third kappa shape index (κ3) is 4.74. The van der Waals surface area contributed by atoms with Gasteiger partial charge >= 0.3 is 6.36 Å². The predicted molar refractivity (Wildman–Crippen MR) is 75.5 cm³/mol. The summed E-state index contributed by atoms with van der Waals surface area (Å²) in [4.78, 5) is 12.0. The average molecular weight is 320 g/mol. The quantitative estimate of drug-likeness (QED) is 0.939. The SMILES string of the molecule is N#Cc1cccc(C(=O)NCc2ccccc2OC(F)(F)F)c1. The molecule has 0 bridgehead atoms. The van der Waals surface area contributed by atoms with Crippen LogP contribution < -0.4 is 10.1 Å². The third-order valence-corrected chi connectivity index (χ3v) is 2.89. The van der Waals surface area contributed by atoms with Gasteiger partial charge in [0.15, 0.2) is 0 Å². The Morgan fingerprint density at radius 3 is 2.61 bits per heavy atom. The highest BCUT2D eigenvalue weighted by Gasteiger charge is 2.31. The molecule has 2 rings (SSSR count). The van der Waals surface area contributed by atoms with Crippen molar-refractivity contribution in [3.05, 3.63) is 65.2 Å². The Bertz CT molecular complexity index is 751. The molecule has 0 unspecified atom stereocenters. The molecule has 0 saturated carbocycles. The summed E-state index contributed by atoms with van der Waals surface area (Å²) in [5, 5.41) is 11.3. The van der Waals surface area contributed by atoms with E-state index in [4.69, 9.17) is 5.26 Å². The standard InChI is InChI=1S/C16H11F3N2O2/c17-16(18,19)23-14-7-2-1-5-13(14)10-21-15(22)12-6-3-4-11(8-12)9-20/h1-8H,10H2,(H,21,22). The van der Waals surface area contributed by atoms with E-state index in [1.54, 1.807) is 18.2 Å². The number of nitriles is 1. The maximum atomic E-state index is 12.3. The topological polar surface area (TPSA) is 62.1 Å². The van der Waals surface area contributed by atoms with Crippen molar-refractivity contribution in [1.82, 2.24) is 5.32 Å². The first-order valence-corrected chi connectivity index (χ1v) is 6.51. The van der Waals surface area contributed by atoms with E-state index >= 15 is 0 Å². The number of amides is 1. The van der Waals surface area contributed by atoms with Crippen LogP contribution in [0.25, 0.3) is 0 Å². The number of benzene rings is 2. The number of rotatable bonds is 4. The summed E-state index contributed by atoms with van der Waals surface area (Å²) in [6, 6.07) is 13.4. The number of para-hydroxylation sites is 1. The molecule has 0 fully saturated rings. The van der Waals surface area contributed by atoms with E-state index in [9.17, 15) is 18.0 Å². The first-order valence-electron chi connectivity index (χ1n) is 6.51. The van der Waals surface area contributed by atoms with Crippen LogP contribution in [-0.2, 0) is 6.54 Å². The van der Waals surface area contributed by atoms with Crippen LogP contribution in [0.3, 0.4) is 0 Å². The smallest absolute Gasteiger partial charge is 0.405 e. The van der Waals surface area contributed by atoms with Gasteiger partial charge < -0.3 is 10.1 Å². The van der Waals surface area contributed by atoms with E-state index in [2.05, 4.69) is 10.1 Å². The summed E-state index contributed by atoms with van der Waals surface area (Å²) in [6.45, 7) is -0.137. The van der Waals surface area contributed by atoms with Crippen LogP contribution in [0, 0.1) is 11.3 Å². The normalized spacial score (nSPS) is 10.7. The molecule has 0 aliphatic heterocycles. The zero-order valence-corrected chi connectivity index (χ0v) is 11.7. The summed E-state index contributed by atoms with van der Waals surface area (Å²) in [5.74, 6) is -0.866. The van der Waals surface area contributed by atoms with Crippen LogP contribution in [0.2, 0.25) is 0 Å². The van der Waals surface area contributed by atoms with E-state index < -0.39 is 12.3 Å². The Morgan fingerprint density at radius 1 is 1.17 bits per heavy atom. The second-order valence-corrected chi connectivity index (χ2v) is 4.53. The number of alkyl halides is 3. The van der Waals surface area contributed by atoms with Crippen molar-refractivity contribution in [2.24, 2.45) is 0 Å². The van der Waals surface area contributed by atoms with Gasteiger partial charge in [-0.3, -0.25) is 4.79 Å². The van der Waals surface area contributed by atoms with E-state index in [-0.39, 0.29) is 23.4 Å². The number of hydrogen-bond acceptors (Lipinski definition) is 3. The van der Waals surface area contributed by atoms with Gasteiger partial charge in [0.2, 0.25) is 0 Å². The fraction of sp³-hybridized carbons (Fsp3) is 0.125. The first-order chi connectivity index (χ1) is 10.9. The summed E-state index contributed by atoms with van der Waals surface area (Å²) in [7, 11) is 0. The van der Waals surface area contributed by atoms with Gasteiger partial charge in [0.1, 0.15) is 5.75 Å². The number of hydrogen-bond donors (Lipinski definition) is 1. The minimum Gasteiger partial charge on any atom is -0.405 e. The molecule has 0 heterocycles. The molecule has 118 valence electrons. The van der Waals surface area contributed by atoms with E-state index in [1.807, 2.05) is 6.07 Å². The number of nitrogens with one attached hydrogen (secondary N) is 1. The summed E-state index contributed by atoms with van der Waals surface area (Å²) in [6.07, 6.45) is -4.80. The number of nitrogens with zero attached hydrogens (tertiary/aromatic N) is 1. The van der Waals surface area contributed by atoms with Gasteiger partial charge in [-0.25, -0.2) is 0 Å². The predicted octanol–water partition coefficient (Wildman–Crippen LogP) is 3.39. The lowest BCUT2D eigenvalue weighted by atomic mass is 10.1. The Balaban J connectivity index is 2.09. The monoisotopic (exact) mass is 320 g/mol. The van der Waals surface area contributed by atoms with E-state index in [0.29, 0.717) is 5.56 Å². The van der Waals surface area contributed by atoms with Crippen molar-refractivity contribution >= 4 is 5.91 Å². The molecular weight excluding hydrogens is 309 g/mol. The molecule has 0 aliphatic carbocycles. The summed E-state index contributed by atoms with van der Waals surface area (Å²) >= 11 is 0. The molecule has 0 aromatic heterocycles. The van der Waals surface area contributed by atoms with E-state index in [0.717, 1.165) is 0 Å². The van der Waals surface area contributed by atoms with Gasteiger partial charge in [-0.05, 0) is 24.3 Å². The van der Waals surface area contributed by atoms with Crippen LogP contribution in [0.5, 0.6) is 5.75 Å². The lowest BCUT2D eigenvalue weighted by Crippen LogP contribution is -2.24. The maximum Gasteiger partial charge on any atom is 0.573 e. The van der Waals surface area contributed by atoms with Crippen molar-refractivity contribution in [3.63, 3.8) is 0 Å². The number of ether oxygens (including phenoxy) is 1. The Labute approximate surface area is 130 Å². The molecule has 2 aromatic rings. The molecule has 4 nitrogen and oxygen atoms in total. The maximum absolute atomic E-state index is 12.3. The highest BCUT2D eigenvalue weighted by Crippen LogP contribution is 2.26. The van der Waals surface area contributed by atoms with Crippen molar-refractivity contribution in [1.29, 1.82) is 5.26 Å². The molecule has 0 aliphatic rings. The largest absolute Gasteiger partial charge is 0.573 e. The lowest BCUT2D eigenvalue weighted by molar-refractivity contribution is -0.274. The molecule has 0 saturated heterocycles. The summed E-state index contributed by atoms with van der Waals surface area (Å²) in [5.41, 5.74) is 0.756. The molecular formula is C16H11F3N2O2. The summed E-state index contributed by atoms with van der Waals surface area (Å²) < 4.78 is 40.9. The number of carbonyl (C=O) groups is 1. The van der Waals surface area contributed by atoms with Crippen molar-refractivity contribution < 1.29 is 22.7 Å². The molecule has 0 radical (unpaired) electrons. The van der Waals surface area contributed by atoms with Crippen molar-refractivity contribution in [3.8, 4) is 11.8 Å². The molecule has 7 heteroatoms. The molecule has 0 spiro atoms. The minimum atomic E-state index is -4.80. The average Bonchev–Trinajstić information content (AvgIpc) is 2.52. The molecule has 2 aromatic carbocycles. The molecule has 23 heavy (non-hydrogen) atoms. The zero-order chi connectivity index (χ0) is 16.9. The Hall–Kier alpha value is -3.01. The second kappa shape index (κ2) is 6.83. The molecule has 0 atom stereocenters. The van der Waals surface area contributed by atoms with Crippen LogP contribution in [0.1, 0.15) is 21.5 Å². The second-order valence-electron chi connectivity index (χ2n) is 4.53. The zero-order valence-electron chi connectivity index (χ0n) is 11.7. The van der Waals surface area contributed by atoms with Gasteiger partial charge in [0.05, 0.1) is 11.6 Å². The van der Waals surface area contributed by atoms with Gasteiger partial charge in [0.25, 0.3) is 5.91 Å². The Morgan fingerprint density at radius 2 is 1.91 bits per heavy atom. The van der Waals surface area contributed by atoms with Gasteiger partial charge in [-0.2, -0.15) is 5.26 Å². The number of carbonyl (C=O) groups excluding carboxylic acids is 1. The minimum absolute atomic E-state index is 0.137. The van der Waals surface area contributed by atoms with Gasteiger partial charge in [0, 0.05) is 17.7 Å². The van der Waals surface area contributed by atoms with Crippen molar-refractivity contribution in [2.45, 2.75) is 12.9 Å². The van der Waals surface area contributed by atoms with Gasteiger partial charge in [-0.15, -0.1) is 13.2 Å². The number of halogens is 3. The Kier molecular flexibility index (Phi) is 4.86. The first kappa shape index (κ1) is 16.4. The molecule has 1 amide bonds. The van der Waals surface area contributed by atoms with E-state index in [1.165, 1.54) is 30.3 Å². The van der Waals surface area contributed by atoms with Crippen LogP contribution in [0.4, 0.5) is 13.2 Å². The van der Waals surface area contributed by atoms with Crippen LogP contribution >= 0.6 is 0 Å². The third-order valence-electron chi connectivity index (χ3n) is 2.89. The van der Waals surface area contributed by atoms with Crippen molar-refractivity contribution in [2.75, 3.05) is 0 Å². The van der Waals surface area contributed by atoms with Crippen LogP contribution in [-0.4, -0.2) is 12.3 Å². The lowest BCUT2D eigenvalue weighted by Gasteiger charge is -2.13.